The molecule has 5 nitrogen and oxygen atoms in total. The number of hydrogen-bond acceptors (Lipinski definition) is 5. The molecule has 0 amide bonds. The second kappa shape index (κ2) is 7.78. The van der Waals surface area contributed by atoms with Gasteiger partial charge in [-0.15, -0.1) is 10.2 Å². The molecule has 0 aliphatic rings. The van der Waals surface area contributed by atoms with E-state index in [-0.39, 0.29) is 0 Å². The molecule has 0 aliphatic heterocycles. The molecule has 0 saturated carbocycles. The van der Waals surface area contributed by atoms with Gasteiger partial charge in [0.25, 0.3) is 0 Å². The van der Waals surface area contributed by atoms with Crippen molar-refractivity contribution in [2.45, 2.75) is 44.1 Å². The summed E-state index contributed by atoms with van der Waals surface area (Å²) < 4.78 is 13.1. The van der Waals surface area contributed by atoms with Gasteiger partial charge in [0.1, 0.15) is 17.3 Å². The third-order valence-corrected chi connectivity index (χ3v) is 4.96. The molecule has 0 N–H and O–H groups in total. The average molecular weight is 357 g/mol. The van der Waals surface area contributed by atoms with Gasteiger partial charge in [0.15, 0.2) is 5.16 Å². The second-order valence-electron chi connectivity index (χ2n) is 6.26. The minimum atomic E-state index is 0.297. The van der Waals surface area contributed by atoms with Crippen molar-refractivity contribution in [2.24, 2.45) is 0 Å². The van der Waals surface area contributed by atoms with Crippen molar-refractivity contribution in [3.8, 4) is 5.75 Å². The lowest BCUT2D eigenvalue weighted by Gasteiger charge is -2.12. The van der Waals surface area contributed by atoms with Crippen molar-refractivity contribution in [3.05, 3.63) is 59.3 Å². The molecule has 0 unspecified atom stereocenters. The Labute approximate surface area is 152 Å². The Morgan fingerprint density at radius 1 is 1.24 bits per heavy atom. The topological polar surface area (TPSA) is 53.1 Å². The predicted octanol–water partition coefficient (Wildman–Crippen LogP) is 4.65. The summed E-state index contributed by atoms with van der Waals surface area (Å²) >= 11 is 1.67. The highest BCUT2D eigenvalue weighted by Crippen LogP contribution is 2.29. The van der Waals surface area contributed by atoms with Crippen LogP contribution in [0.4, 0.5) is 0 Å². The first-order valence-electron chi connectivity index (χ1n) is 8.30. The zero-order chi connectivity index (χ0) is 17.8. The first kappa shape index (κ1) is 17.6. The van der Waals surface area contributed by atoms with Crippen molar-refractivity contribution >= 4 is 11.8 Å². The highest BCUT2D eigenvalue weighted by Gasteiger charge is 2.17. The molecule has 2 heterocycles. The molecule has 0 saturated heterocycles. The Kier molecular flexibility index (Phi) is 5.48. The van der Waals surface area contributed by atoms with Gasteiger partial charge < -0.3 is 9.15 Å². The summed E-state index contributed by atoms with van der Waals surface area (Å²) in [6.45, 7) is 6.98. The number of furan rings is 1. The zero-order valence-electron chi connectivity index (χ0n) is 15.0. The van der Waals surface area contributed by atoms with Crippen LogP contribution in [0.1, 0.15) is 42.5 Å². The van der Waals surface area contributed by atoms with Crippen molar-refractivity contribution < 1.29 is 9.15 Å². The van der Waals surface area contributed by atoms with Crippen LogP contribution >= 0.6 is 11.8 Å². The lowest BCUT2D eigenvalue weighted by Crippen LogP contribution is -2.07. The van der Waals surface area contributed by atoms with Crippen LogP contribution in [0.5, 0.6) is 5.75 Å². The van der Waals surface area contributed by atoms with Crippen molar-refractivity contribution in [3.63, 3.8) is 0 Å². The standard InChI is InChI=1S/C19H23N3O2S/c1-13(2)18-20-21-19(22(18)11-16-6-5-9-24-16)25-12-15-10-14(3)7-8-17(15)23-4/h5-10,13H,11-12H2,1-4H3. The lowest BCUT2D eigenvalue weighted by molar-refractivity contribution is 0.411. The molecule has 6 heteroatoms. The summed E-state index contributed by atoms with van der Waals surface area (Å²) in [6.07, 6.45) is 1.69. The fourth-order valence-electron chi connectivity index (χ4n) is 2.70. The lowest BCUT2D eigenvalue weighted by atomic mass is 10.1. The van der Waals surface area contributed by atoms with Gasteiger partial charge in [-0.25, -0.2) is 0 Å². The quantitative estimate of drug-likeness (QED) is 0.576. The summed E-state index contributed by atoms with van der Waals surface area (Å²) in [6, 6.07) is 10.1. The number of aryl methyl sites for hydroxylation is 1. The Morgan fingerprint density at radius 2 is 2.08 bits per heavy atom. The largest absolute Gasteiger partial charge is 0.496 e. The third kappa shape index (κ3) is 4.07. The smallest absolute Gasteiger partial charge is 0.191 e. The number of nitrogens with zero attached hydrogens (tertiary/aromatic N) is 3. The van der Waals surface area contributed by atoms with Gasteiger partial charge in [0.05, 0.1) is 19.9 Å². The van der Waals surface area contributed by atoms with Crippen LogP contribution in [-0.2, 0) is 12.3 Å². The van der Waals surface area contributed by atoms with Gasteiger partial charge in [0, 0.05) is 17.2 Å². The Hall–Kier alpha value is -2.21. The Morgan fingerprint density at radius 3 is 2.76 bits per heavy atom. The van der Waals surface area contributed by atoms with Crippen molar-refractivity contribution in [2.75, 3.05) is 7.11 Å². The molecule has 132 valence electrons. The molecule has 3 rings (SSSR count). The van der Waals surface area contributed by atoms with Crippen LogP contribution < -0.4 is 4.74 Å². The first-order valence-corrected chi connectivity index (χ1v) is 9.29. The van der Waals surface area contributed by atoms with Gasteiger partial charge >= 0.3 is 0 Å². The summed E-state index contributed by atoms with van der Waals surface area (Å²) in [5.74, 6) is 3.84. The maximum absolute atomic E-state index is 5.51. The number of ether oxygens (including phenoxy) is 1. The molecule has 0 aliphatic carbocycles. The summed E-state index contributed by atoms with van der Waals surface area (Å²) in [5, 5.41) is 9.68. The summed E-state index contributed by atoms with van der Waals surface area (Å²) in [5.41, 5.74) is 2.38. The molecule has 2 aromatic heterocycles. The van der Waals surface area contributed by atoms with E-state index in [9.17, 15) is 0 Å². The van der Waals surface area contributed by atoms with Crippen LogP contribution in [0.3, 0.4) is 0 Å². The van der Waals surface area contributed by atoms with E-state index in [0.717, 1.165) is 33.8 Å². The number of rotatable bonds is 7. The molecule has 0 bridgehead atoms. The third-order valence-electron chi connectivity index (χ3n) is 3.95. The van der Waals surface area contributed by atoms with Crippen LogP contribution in [0, 0.1) is 6.92 Å². The Balaban J connectivity index is 1.84. The van der Waals surface area contributed by atoms with Gasteiger partial charge in [-0.1, -0.05) is 43.3 Å². The maximum atomic E-state index is 5.51. The molecule has 0 radical (unpaired) electrons. The zero-order valence-corrected chi connectivity index (χ0v) is 15.8. The highest BCUT2D eigenvalue weighted by atomic mass is 32.2. The summed E-state index contributed by atoms with van der Waals surface area (Å²) in [7, 11) is 1.70. The molecule has 0 spiro atoms. The number of thioether (sulfide) groups is 1. The molecular formula is C19H23N3O2S. The van der Waals surface area contributed by atoms with Crippen LogP contribution in [-0.4, -0.2) is 21.9 Å². The molecule has 1 aromatic carbocycles. The monoisotopic (exact) mass is 357 g/mol. The number of aromatic nitrogens is 3. The fourth-order valence-corrected chi connectivity index (χ4v) is 3.63. The summed E-state index contributed by atoms with van der Waals surface area (Å²) in [4.78, 5) is 0. The molecule has 0 fully saturated rings. The van der Waals surface area contributed by atoms with E-state index in [1.807, 2.05) is 18.2 Å². The maximum Gasteiger partial charge on any atom is 0.191 e. The minimum absolute atomic E-state index is 0.297. The Bertz CT molecular complexity index is 825. The number of benzene rings is 1. The minimum Gasteiger partial charge on any atom is -0.496 e. The van der Waals surface area contributed by atoms with Gasteiger partial charge in [-0.2, -0.15) is 0 Å². The first-order chi connectivity index (χ1) is 12.1. The molecule has 25 heavy (non-hydrogen) atoms. The van der Waals surface area contributed by atoms with Crippen LogP contribution in [0.15, 0.2) is 46.2 Å². The van der Waals surface area contributed by atoms with Gasteiger partial charge in [-0.3, -0.25) is 4.57 Å². The van der Waals surface area contributed by atoms with E-state index < -0.39 is 0 Å². The van der Waals surface area contributed by atoms with E-state index in [2.05, 4.69) is 47.7 Å². The average Bonchev–Trinajstić information content (AvgIpc) is 3.23. The van der Waals surface area contributed by atoms with E-state index in [4.69, 9.17) is 9.15 Å². The van der Waals surface area contributed by atoms with E-state index >= 15 is 0 Å². The van der Waals surface area contributed by atoms with Crippen LogP contribution in [0.2, 0.25) is 0 Å². The molecular weight excluding hydrogens is 334 g/mol. The van der Waals surface area contributed by atoms with E-state index in [0.29, 0.717) is 12.5 Å². The van der Waals surface area contributed by atoms with Gasteiger partial charge in [0.2, 0.25) is 0 Å². The van der Waals surface area contributed by atoms with Crippen LogP contribution in [0.25, 0.3) is 0 Å². The van der Waals surface area contributed by atoms with Crippen molar-refractivity contribution in [1.82, 2.24) is 14.8 Å². The van der Waals surface area contributed by atoms with Gasteiger partial charge in [-0.05, 0) is 25.1 Å². The normalized spacial score (nSPS) is 11.2. The SMILES string of the molecule is COc1ccc(C)cc1CSc1nnc(C(C)C)n1Cc1ccco1. The molecule has 0 atom stereocenters. The predicted molar refractivity (Wildman–Crippen MR) is 99.2 cm³/mol. The van der Waals surface area contributed by atoms with E-state index in [1.165, 1.54) is 5.56 Å². The van der Waals surface area contributed by atoms with E-state index in [1.54, 1.807) is 25.1 Å². The second-order valence-corrected chi connectivity index (χ2v) is 7.21. The fraction of sp³-hybridized carbons (Fsp3) is 0.368. The molecule has 3 aromatic rings. The number of hydrogen-bond donors (Lipinski definition) is 0. The highest BCUT2D eigenvalue weighted by molar-refractivity contribution is 7.98. The van der Waals surface area contributed by atoms with Crippen molar-refractivity contribution in [1.29, 1.82) is 0 Å². The number of methoxy groups -OCH3 is 1.